The fraction of sp³-hybridized carbons (Fsp3) is 0.296. The molecule has 0 bridgehead atoms. The lowest BCUT2D eigenvalue weighted by Crippen LogP contribution is -2.37. The summed E-state index contributed by atoms with van der Waals surface area (Å²) in [6.07, 6.45) is 7.55. The molecule has 178 valence electrons. The fourth-order valence-electron chi connectivity index (χ4n) is 5.11. The van der Waals surface area contributed by atoms with Crippen molar-refractivity contribution in [2.75, 3.05) is 18.4 Å². The second-order valence-electron chi connectivity index (χ2n) is 9.58. The van der Waals surface area contributed by atoms with Crippen LogP contribution in [-0.4, -0.2) is 53.7 Å². The third-order valence-electron chi connectivity index (χ3n) is 7.18. The van der Waals surface area contributed by atoms with Crippen molar-refractivity contribution in [3.05, 3.63) is 66.7 Å². The average Bonchev–Trinajstić information content (AvgIpc) is 3.52. The van der Waals surface area contributed by atoms with Crippen LogP contribution in [0.3, 0.4) is 0 Å². The van der Waals surface area contributed by atoms with E-state index in [2.05, 4.69) is 68.4 Å². The molecular weight excluding hydrogens is 438 g/mol. The third kappa shape index (κ3) is 4.00. The summed E-state index contributed by atoms with van der Waals surface area (Å²) in [6, 6.07) is 15.2. The molecule has 1 aliphatic rings. The Morgan fingerprint density at radius 1 is 1.06 bits per heavy atom. The van der Waals surface area contributed by atoms with Crippen LogP contribution in [-0.2, 0) is 0 Å². The first kappa shape index (κ1) is 21.6. The zero-order chi connectivity index (χ0) is 23.9. The smallest absolute Gasteiger partial charge is 0.199 e. The van der Waals surface area contributed by atoms with Gasteiger partial charge in [0.15, 0.2) is 17.3 Å². The second-order valence-corrected chi connectivity index (χ2v) is 9.58. The Morgan fingerprint density at radius 2 is 1.86 bits per heavy atom. The van der Waals surface area contributed by atoms with Gasteiger partial charge in [-0.3, -0.25) is 0 Å². The largest absolute Gasteiger partial charge is 0.494 e. The summed E-state index contributed by atoms with van der Waals surface area (Å²) in [5, 5.41) is 19.5. The average molecular weight is 468 g/mol. The maximum absolute atomic E-state index is 9.90. The van der Waals surface area contributed by atoms with Gasteiger partial charge in [-0.15, -0.1) is 0 Å². The molecule has 8 heteroatoms. The molecule has 6 rings (SSSR count). The number of H-pyrrole nitrogens is 1. The summed E-state index contributed by atoms with van der Waals surface area (Å²) in [6.45, 7) is 6.89. The summed E-state index contributed by atoms with van der Waals surface area (Å²) in [5.74, 6) is 1.45. The van der Waals surface area contributed by atoms with Crippen LogP contribution in [0.5, 0.6) is 5.88 Å². The van der Waals surface area contributed by atoms with Gasteiger partial charge in [0.1, 0.15) is 6.33 Å². The molecule has 0 unspecified atom stereocenters. The van der Waals surface area contributed by atoms with Crippen LogP contribution < -0.4 is 5.32 Å². The van der Waals surface area contributed by atoms with Gasteiger partial charge in [0.25, 0.3) is 0 Å². The first-order valence-corrected chi connectivity index (χ1v) is 12.2. The van der Waals surface area contributed by atoms with Gasteiger partial charge in [0.05, 0.1) is 11.9 Å². The van der Waals surface area contributed by atoms with E-state index < -0.39 is 0 Å². The molecule has 3 aromatic heterocycles. The Morgan fingerprint density at radius 3 is 2.63 bits per heavy atom. The molecule has 0 amide bonds. The SMILES string of the molecule is CC(C)N1CCC(c2ccc(Nc3ncc(-c4ccc5c(O)[nH]cc5c4)n4ncnc34)cc2)CC1. The summed E-state index contributed by atoms with van der Waals surface area (Å²) in [4.78, 5) is 14.5. The third-order valence-corrected chi connectivity index (χ3v) is 7.18. The van der Waals surface area contributed by atoms with E-state index in [0.29, 0.717) is 23.4 Å². The van der Waals surface area contributed by atoms with E-state index >= 15 is 0 Å². The van der Waals surface area contributed by atoms with Crippen LogP contribution in [0, 0.1) is 0 Å². The number of anilines is 2. The minimum Gasteiger partial charge on any atom is -0.494 e. The Balaban J connectivity index is 1.23. The first-order valence-electron chi connectivity index (χ1n) is 12.2. The Kier molecular flexibility index (Phi) is 5.37. The molecule has 5 aromatic rings. The monoisotopic (exact) mass is 467 g/mol. The zero-order valence-corrected chi connectivity index (χ0v) is 19.9. The summed E-state index contributed by atoms with van der Waals surface area (Å²) in [7, 11) is 0. The highest BCUT2D eigenvalue weighted by atomic mass is 16.3. The van der Waals surface area contributed by atoms with Crippen LogP contribution in [0.15, 0.2) is 61.2 Å². The maximum Gasteiger partial charge on any atom is 0.199 e. The van der Waals surface area contributed by atoms with E-state index in [1.807, 2.05) is 18.2 Å². The number of likely N-dealkylation sites (tertiary alicyclic amines) is 1. The van der Waals surface area contributed by atoms with Crippen molar-refractivity contribution < 1.29 is 5.11 Å². The lowest BCUT2D eigenvalue weighted by Gasteiger charge is -2.34. The number of nitrogens with one attached hydrogen (secondary N) is 2. The predicted octanol–water partition coefficient (Wildman–Crippen LogP) is 5.31. The molecule has 0 atom stereocenters. The summed E-state index contributed by atoms with van der Waals surface area (Å²) >= 11 is 0. The van der Waals surface area contributed by atoms with Crippen LogP contribution in [0.2, 0.25) is 0 Å². The van der Waals surface area contributed by atoms with Crippen LogP contribution in [0.4, 0.5) is 11.5 Å². The molecule has 4 heterocycles. The van der Waals surface area contributed by atoms with Crippen LogP contribution in [0.1, 0.15) is 38.2 Å². The Labute approximate surface area is 203 Å². The number of rotatable bonds is 5. The number of benzene rings is 2. The minimum atomic E-state index is 0.169. The number of aromatic nitrogens is 5. The van der Waals surface area contributed by atoms with E-state index in [4.69, 9.17) is 0 Å². The molecule has 0 aliphatic carbocycles. The lowest BCUT2D eigenvalue weighted by atomic mass is 9.89. The normalized spacial score (nSPS) is 15.4. The highest BCUT2D eigenvalue weighted by Crippen LogP contribution is 2.32. The van der Waals surface area contributed by atoms with E-state index in [9.17, 15) is 5.11 Å². The van der Waals surface area contributed by atoms with Gasteiger partial charge in [0.2, 0.25) is 0 Å². The van der Waals surface area contributed by atoms with Crippen molar-refractivity contribution >= 4 is 27.9 Å². The minimum absolute atomic E-state index is 0.169. The van der Waals surface area contributed by atoms with Gasteiger partial charge in [-0.05, 0) is 75.5 Å². The summed E-state index contributed by atoms with van der Waals surface area (Å²) in [5.41, 5.74) is 4.81. The number of piperidine rings is 1. The molecule has 1 fully saturated rings. The van der Waals surface area contributed by atoms with Crippen LogP contribution in [0.25, 0.3) is 27.7 Å². The molecule has 0 saturated carbocycles. The lowest BCUT2D eigenvalue weighted by molar-refractivity contribution is 0.172. The maximum atomic E-state index is 9.90. The molecule has 3 N–H and O–H groups in total. The molecule has 2 aromatic carbocycles. The van der Waals surface area contributed by atoms with Crippen LogP contribution >= 0.6 is 0 Å². The van der Waals surface area contributed by atoms with Crippen molar-refractivity contribution in [1.82, 2.24) is 29.5 Å². The van der Waals surface area contributed by atoms with Gasteiger partial charge in [-0.25, -0.2) is 14.5 Å². The molecular formula is C27H29N7O. The molecule has 1 aliphatic heterocycles. The Bertz CT molecular complexity index is 1480. The fourth-order valence-corrected chi connectivity index (χ4v) is 5.11. The van der Waals surface area contributed by atoms with Crippen molar-refractivity contribution in [3.8, 4) is 17.1 Å². The number of hydrogen-bond acceptors (Lipinski definition) is 6. The highest BCUT2D eigenvalue weighted by Gasteiger charge is 2.22. The zero-order valence-electron chi connectivity index (χ0n) is 19.9. The van der Waals surface area contributed by atoms with Crippen molar-refractivity contribution in [3.63, 3.8) is 0 Å². The van der Waals surface area contributed by atoms with E-state index in [1.54, 1.807) is 23.2 Å². The van der Waals surface area contributed by atoms with E-state index in [1.165, 1.54) is 31.5 Å². The molecule has 0 radical (unpaired) electrons. The van der Waals surface area contributed by atoms with Gasteiger partial charge in [0, 0.05) is 34.3 Å². The number of hydrogen-bond donors (Lipinski definition) is 3. The highest BCUT2D eigenvalue weighted by molar-refractivity contribution is 5.91. The molecule has 8 nitrogen and oxygen atoms in total. The van der Waals surface area contributed by atoms with E-state index in [0.717, 1.165) is 27.7 Å². The molecule has 1 saturated heterocycles. The van der Waals surface area contributed by atoms with Crippen molar-refractivity contribution in [2.45, 2.75) is 38.6 Å². The van der Waals surface area contributed by atoms with Gasteiger partial charge >= 0.3 is 0 Å². The Hall–Kier alpha value is -3.91. The number of aromatic amines is 1. The summed E-state index contributed by atoms with van der Waals surface area (Å²) < 4.78 is 1.79. The van der Waals surface area contributed by atoms with Crippen molar-refractivity contribution in [2.24, 2.45) is 0 Å². The second kappa shape index (κ2) is 8.70. The van der Waals surface area contributed by atoms with Gasteiger partial charge in [-0.2, -0.15) is 5.10 Å². The molecule has 0 spiro atoms. The quantitative estimate of drug-likeness (QED) is 0.324. The van der Waals surface area contributed by atoms with E-state index in [-0.39, 0.29) is 5.88 Å². The van der Waals surface area contributed by atoms with Gasteiger partial charge in [-0.1, -0.05) is 18.2 Å². The predicted molar refractivity (Wildman–Crippen MR) is 138 cm³/mol. The van der Waals surface area contributed by atoms with Gasteiger partial charge < -0.3 is 20.3 Å². The number of aromatic hydroxyl groups is 1. The standard InChI is InChI=1S/C27H29N7O/c1-17(2)33-11-9-19(10-12-33)18-3-6-22(7-4-18)32-25-26-30-16-31-34(26)24(15-28-25)20-5-8-23-21(13-20)14-29-27(23)35/h3-8,13-17,19,29,35H,9-12H2,1-2H3,(H,28,32). The first-order chi connectivity index (χ1) is 17.1. The molecule has 35 heavy (non-hydrogen) atoms. The number of fused-ring (bicyclic) bond motifs is 2. The number of nitrogens with zero attached hydrogens (tertiary/aromatic N) is 5. The topological polar surface area (TPSA) is 94.4 Å². The van der Waals surface area contributed by atoms with Crippen molar-refractivity contribution in [1.29, 1.82) is 0 Å².